The molecule has 8 nitrogen and oxygen atoms in total. The summed E-state index contributed by atoms with van der Waals surface area (Å²) in [6.07, 6.45) is 0. The largest absolute Gasteiger partial charge is 2.00 e. The van der Waals surface area contributed by atoms with Crippen LogP contribution in [0.1, 0.15) is 21.3 Å². The smallest absolute Gasteiger partial charge is 0.741 e. The van der Waals surface area contributed by atoms with Gasteiger partial charge in [0.2, 0.25) is 0 Å². The van der Waals surface area contributed by atoms with Crippen LogP contribution in [0, 0.1) is 22.7 Å². The molecule has 0 bridgehead atoms. The third-order valence-electron chi connectivity index (χ3n) is 9.46. The molecular weight excluding hydrogens is 1080 g/mol. The summed E-state index contributed by atoms with van der Waals surface area (Å²) in [5.74, 6) is 0. The van der Waals surface area contributed by atoms with Gasteiger partial charge in [0.15, 0.2) is 20.2 Å². The second-order valence-corrected chi connectivity index (χ2v) is 21.5. The molecular formula is C51H44F6N2O6P2PdS2+2. The molecule has 0 atom stereocenters. The molecule has 0 radical (unpaired) electrons. The maximum absolute atomic E-state index is 10.7. The molecule has 0 spiro atoms. The van der Waals surface area contributed by atoms with Crippen LogP contribution in [0.3, 0.4) is 0 Å². The molecule has 366 valence electrons. The van der Waals surface area contributed by atoms with Crippen molar-refractivity contribution < 1.29 is 72.7 Å². The summed E-state index contributed by atoms with van der Waals surface area (Å²) in [6, 6.07) is 75.7. The number of alkyl halides is 6. The molecule has 0 saturated heterocycles. The third kappa shape index (κ3) is 16.1. The molecule has 70 heavy (non-hydrogen) atoms. The topological polar surface area (TPSA) is 162 Å². The number of nitrogens with zero attached hydrogens (tertiary/aromatic N) is 2. The Labute approximate surface area is 419 Å². The van der Waals surface area contributed by atoms with Gasteiger partial charge in [-0.05, 0) is 82.2 Å². The number of hydrogen-bond donors (Lipinski definition) is 0. The van der Waals surface area contributed by atoms with Gasteiger partial charge >= 0.3 is 31.4 Å². The first-order valence-electron chi connectivity index (χ1n) is 19.9. The van der Waals surface area contributed by atoms with E-state index in [0.717, 1.165) is 0 Å². The Morgan fingerprint density at radius 2 is 0.614 bits per heavy atom. The van der Waals surface area contributed by atoms with Gasteiger partial charge in [-0.3, -0.25) is 0 Å². The molecule has 19 heteroatoms. The Kier molecular flexibility index (Phi) is 23.7. The van der Waals surface area contributed by atoms with Gasteiger partial charge < -0.3 is 9.11 Å². The Balaban J connectivity index is 0.000000590. The molecule has 8 rings (SSSR count). The molecule has 0 N–H and O–H groups in total. The van der Waals surface area contributed by atoms with E-state index in [0.29, 0.717) is 0 Å². The predicted molar refractivity (Wildman–Crippen MR) is 268 cm³/mol. The summed E-state index contributed by atoms with van der Waals surface area (Å²) < 4.78 is 118. The van der Waals surface area contributed by atoms with Crippen molar-refractivity contribution in [3.05, 3.63) is 194 Å². The van der Waals surface area contributed by atoms with Gasteiger partial charge in [-0.1, -0.05) is 141 Å². The van der Waals surface area contributed by atoms with Crippen LogP contribution < -0.4 is 31.8 Å². The van der Waals surface area contributed by atoms with E-state index < -0.39 is 47.1 Å². The van der Waals surface area contributed by atoms with E-state index in [1.807, 2.05) is 0 Å². The molecule has 0 aliphatic rings. The first-order chi connectivity index (χ1) is 32.2. The number of benzene rings is 8. The summed E-state index contributed by atoms with van der Waals surface area (Å²) in [5, 5.41) is 28.3. The van der Waals surface area contributed by atoms with E-state index in [9.17, 15) is 26.3 Å². The zero-order valence-electron chi connectivity index (χ0n) is 36.2. The minimum atomic E-state index is -6.09. The van der Waals surface area contributed by atoms with E-state index in [1.54, 1.807) is 12.1 Å². The first kappa shape index (κ1) is 60.3. The fraction of sp³-hybridized carbons (Fsp3) is 0.0980. The van der Waals surface area contributed by atoms with Crippen molar-refractivity contribution in [3.63, 3.8) is 0 Å². The van der Waals surface area contributed by atoms with Gasteiger partial charge in [-0.15, -0.1) is 0 Å². The van der Waals surface area contributed by atoms with Crippen molar-refractivity contribution in [2.75, 3.05) is 0 Å². The Hall–Kier alpha value is -5.82. The minimum Gasteiger partial charge on any atom is -0.741 e. The minimum absolute atomic E-state index is 0. The van der Waals surface area contributed by atoms with E-state index in [4.69, 9.17) is 36.5 Å². The maximum Gasteiger partial charge on any atom is 2.00 e. The summed E-state index contributed by atoms with van der Waals surface area (Å²) in [4.78, 5) is 0. The SMILES string of the molecule is C.CC#N.CC#N.O=S(=O)([O-])C(F)(F)F.O=S(=O)([O-])C(F)(F)F.[Pd+2].c1ccc([PH+](c2ccccc2)c2ccc3ccccc3c2-c2c([PH+](c3ccccc3)c3ccccc3)ccc3ccccc23)cc1. The van der Waals surface area contributed by atoms with Crippen LogP contribution in [0.4, 0.5) is 26.3 Å². The quantitative estimate of drug-likeness (QED) is 0.0501. The van der Waals surface area contributed by atoms with Crippen LogP contribution in [0.5, 0.6) is 0 Å². The van der Waals surface area contributed by atoms with E-state index in [2.05, 4.69) is 194 Å². The maximum atomic E-state index is 10.7. The van der Waals surface area contributed by atoms with Crippen LogP contribution in [0.15, 0.2) is 194 Å². The van der Waals surface area contributed by atoms with Crippen molar-refractivity contribution in [1.29, 1.82) is 10.5 Å². The standard InChI is InChI=1S/C44H32P2.2C2H3N.2CHF3O3S.CH4.Pd/c1-5-19-35(20-6-1)45(36-21-7-2-8-22-36)41-31-29-33-17-13-15-27-39(33)43(41)44-40-28-16-14-18-34(40)30-32-42(44)46(37-23-9-3-10-24-37)38-25-11-4-12-26-38;2*1-2-3;2*2-1(3,4)8(5,6)7;;/h1-32H;2*1H3;2*(H,5,6,7);1H4;/q;;;;;;+2. The van der Waals surface area contributed by atoms with Gasteiger partial charge in [0.25, 0.3) is 0 Å². The van der Waals surface area contributed by atoms with E-state index in [-0.39, 0.29) is 27.8 Å². The van der Waals surface area contributed by atoms with Crippen LogP contribution in [-0.4, -0.2) is 37.0 Å². The number of hydrogen-bond acceptors (Lipinski definition) is 8. The zero-order chi connectivity index (χ0) is 50.1. The van der Waals surface area contributed by atoms with E-state index >= 15 is 0 Å². The second kappa shape index (κ2) is 27.5. The monoisotopic (exact) mass is 1130 g/mol. The van der Waals surface area contributed by atoms with Crippen molar-refractivity contribution in [2.24, 2.45) is 0 Å². The summed E-state index contributed by atoms with van der Waals surface area (Å²) in [7, 11) is -14.9. The summed E-state index contributed by atoms with van der Waals surface area (Å²) >= 11 is 0. The van der Waals surface area contributed by atoms with Gasteiger partial charge in [0.05, 0.1) is 28.0 Å². The fourth-order valence-electron chi connectivity index (χ4n) is 6.87. The Bertz CT molecular complexity index is 2920. The van der Waals surface area contributed by atoms with E-state index in [1.165, 1.54) is 78.3 Å². The average Bonchev–Trinajstić information content (AvgIpc) is 3.30. The zero-order valence-corrected chi connectivity index (χ0v) is 41.4. The molecule has 0 aromatic heterocycles. The van der Waals surface area contributed by atoms with Crippen LogP contribution >= 0.6 is 15.8 Å². The molecule has 0 aliphatic carbocycles. The van der Waals surface area contributed by atoms with Crippen molar-refractivity contribution in [1.82, 2.24) is 0 Å². The molecule has 0 unspecified atom stereocenters. The normalized spacial score (nSPS) is 10.9. The van der Waals surface area contributed by atoms with Gasteiger partial charge in [0.1, 0.15) is 31.8 Å². The Morgan fingerprint density at radius 1 is 0.414 bits per heavy atom. The van der Waals surface area contributed by atoms with Gasteiger partial charge in [-0.25, -0.2) is 16.8 Å². The van der Waals surface area contributed by atoms with Crippen LogP contribution in [0.25, 0.3) is 32.7 Å². The summed E-state index contributed by atoms with van der Waals surface area (Å²) in [5.41, 5.74) is -8.54. The molecule has 0 saturated carbocycles. The first-order valence-corrected chi connectivity index (χ1v) is 25.7. The number of rotatable bonds is 7. The molecule has 0 heterocycles. The fourth-order valence-corrected chi connectivity index (χ4v) is 12.4. The number of halogens is 6. The van der Waals surface area contributed by atoms with Crippen molar-refractivity contribution >= 4 is 89.5 Å². The molecule has 0 aliphatic heterocycles. The Morgan fingerprint density at radius 3 is 0.829 bits per heavy atom. The second-order valence-electron chi connectivity index (χ2n) is 13.9. The molecule has 8 aromatic rings. The van der Waals surface area contributed by atoms with Crippen molar-refractivity contribution in [2.45, 2.75) is 32.3 Å². The summed E-state index contributed by atoms with van der Waals surface area (Å²) in [6.45, 7) is 2.86. The predicted octanol–water partition coefficient (Wildman–Crippen LogP) is 10.4. The molecule has 0 fully saturated rings. The number of nitriles is 2. The van der Waals surface area contributed by atoms with Crippen LogP contribution in [0.2, 0.25) is 0 Å². The van der Waals surface area contributed by atoms with Gasteiger partial charge in [-0.2, -0.15) is 36.9 Å². The van der Waals surface area contributed by atoms with Gasteiger partial charge in [0, 0.05) is 25.0 Å². The third-order valence-corrected chi connectivity index (χ3v) is 16.2. The van der Waals surface area contributed by atoms with Crippen LogP contribution in [-0.2, 0) is 40.7 Å². The average molecular weight is 1130 g/mol. The number of fused-ring (bicyclic) bond motifs is 2. The molecule has 8 aromatic carbocycles. The van der Waals surface area contributed by atoms with Crippen molar-refractivity contribution in [3.8, 4) is 23.3 Å². The molecule has 0 amide bonds.